The van der Waals surface area contributed by atoms with Gasteiger partial charge in [0, 0.05) is 35.9 Å². The lowest BCUT2D eigenvalue weighted by Crippen LogP contribution is -2.47. The van der Waals surface area contributed by atoms with Gasteiger partial charge < -0.3 is 19.5 Å². The lowest BCUT2D eigenvalue weighted by molar-refractivity contribution is -0.122. The molecule has 2 heterocycles. The smallest absolute Gasteiger partial charge is 0.409 e. The van der Waals surface area contributed by atoms with Crippen LogP contribution in [0.25, 0.3) is 10.9 Å². The van der Waals surface area contributed by atoms with Crippen LogP contribution in [0.3, 0.4) is 0 Å². The number of rotatable bonds is 4. The molecule has 0 bridgehead atoms. The van der Waals surface area contributed by atoms with E-state index in [1.165, 1.54) is 0 Å². The molecule has 1 aromatic carbocycles. The molecule has 134 valence electrons. The van der Waals surface area contributed by atoms with Crippen LogP contribution in [0.15, 0.2) is 30.5 Å². The maximum atomic E-state index is 12.4. The Kier molecular flexibility index (Phi) is 5.48. The van der Waals surface area contributed by atoms with Crippen molar-refractivity contribution in [2.24, 2.45) is 0 Å². The van der Waals surface area contributed by atoms with Gasteiger partial charge in [0.1, 0.15) is 6.54 Å². The first-order valence-electron chi connectivity index (χ1n) is 8.52. The summed E-state index contributed by atoms with van der Waals surface area (Å²) in [7, 11) is 0. The largest absolute Gasteiger partial charge is 0.450 e. The molecule has 2 amide bonds. The number of carbonyl (C=O) groups excluding carboxylic acids is 2. The maximum absolute atomic E-state index is 12.4. The summed E-state index contributed by atoms with van der Waals surface area (Å²) in [5.74, 6) is -0.0351. The van der Waals surface area contributed by atoms with Crippen molar-refractivity contribution in [3.05, 3.63) is 35.5 Å². The van der Waals surface area contributed by atoms with Crippen LogP contribution in [0.4, 0.5) is 4.79 Å². The van der Waals surface area contributed by atoms with Gasteiger partial charge in [-0.1, -0.05) is 17.7 Å². The molecule has 2 aromatic rings. The average molecular weight is 364 g/mol. The van der Waals surface area contributed by atoms with Gasteiger partial charge in [-0.15, -0.1) is 0 Å². The fourth-order valence-electron chi connectivity index (χ4n) is 3.14. The molecule has 25 heavy (non-hydrogen) atoms. The van der Waals surface area contributed by atoms with Gasteiger partial charge in [0.15, 0.2) is 0 Å². The predicted octanol–water partition coefficient (Wildman–Crippen LogP) is 3.03. The van der Waals surface area contributed by atoms with Gasteiger partial charge in [0.25, 0.3) is 0 Å². The maximum Gasteiger partial charge on any atom is 0.409 e. The number of carbonyl (C=O) groups is 2. The summed E-state index contributed by atoms with van der Waals surface area (Å²) < 4.78 is 6.90. The second-order valence-corrected chi connectivity index (χ2v) is 6.61. The minimum absolute atomic E-state index is 0.0351. The van der Waals surface area contributed by atoms with Crippen LogP contribution in [0, 0.1) is 0 Å². The Bertz CT molecular complexity index is 766. The summed E-state index contributed by atoms with van der Waals surface area (Å²) in [6.45, 7) is 3.63. The first-order valence-corrected chi connectivity index (χ1v) is 8.90. The molecule has 1 aliphatic rings. The predicted molar refractivity (Wildman–Crippen MR) is 96.7 cm³/mol. The number of amides is 2. The Labute approximate surface area is 151 Å². The molecular weight excluding hydrogens is 342 g/mol. The third kappa shape index (κ3) is 4.25. The molecule has 6 nitrogen and oxygen atoms in total. The minimum Gasteiger partial charge on any atom is -0.450 e. The highest BCUT2D eigenvalue weighted by atomic mass is 35.5. The molecule has 0 aliphatic carbocycles. The molecule has 0 unspecified atom stereocenters. The van der Waals surface area contributed by atoms with Crippen LogP contribution < -0.4 is 5.32 Å². The van der Waals surface area contributed by atoms with Gasteiger partial charge >= 0.3 is 6.09 Å². The topological polar surface area (TPSA) is 63.6 Å². The van der Waals surface area contributed by atoms with Crippen molar-refractivity contribution in [1.82, 2.24) is 14.8 Å². The molecule has 1 aliphatic heterocycles. The van der Waals surface area contributed by atoms with E-state index in [2.05, 4.69) is 5.32 Å². The first kappa shape index (κ1) is 17.6. The third-order valence-electron chi connectivity index (χ3n) is 4.44. The van der Waals surface area contributed by atoms with Crippen molar-refractivity contribution in [2.45, 2.75) is 32.4 Å². The molecule has 0 atom stereocenters. The van der Waals surface area contributed by atoms with Crippen molar-refractivity contribution in [3.63, 3.8) is 0 Å². The second-order valence-electron chi connectivity index (χ2n) is 6.17. The van der Waals surface area contributed by atoms with Crippen LogP contribution in [-0.4, -0.2) is 47.2 Å². The quantitative estimate of drug-likeness (QED) is 0.908. The summed E-state index contributed by atoms with van der Waals surface area (Å²) >= 11 is 6.05. The van der Waals surface area contributed by atoms with Gasteiger partial charge in [-0.25, -0.2) is 4.79 Å². The van der Waals surface area contributed by atoms with Crippen molar-refractivity contribution in [3.8, 4) is 0 Å². The molecule has 1 aromatic heterocycles. The van der Waals surface area contributed by atoms with E-state index in [0.717, 1.165) is 23.7 Å². The average Bonchev–Trinajstić information content (AvgIpc) is 2.97. The van der Waals surface area contributed by atoms with Crippen LogP contribution in [-0.2, 0) is 16.1 Å². The van der Waals surface area contributed by atoms with Gasteiger partial charge in [-0.2, -0.15) is 0 Å². The number of hydrogen-bond donors (Lipinski definition) is 1. The highest BCUT2D eigenvalue weighted by Gasteiger charge is 2.24. The van der Waals surface area contributed by atoms with Gasteiger partial charge in [0.2, 0.25) is 5.91 Å². The Morgan fingerprint density at radius 3 is 2.76 bits per heavy atom. The van der Waals surface area contributed by atoms with Gasteiger partial charge in [-0.3, -0.25) is 4.79 Å². The number of fused-ring (bicyclic) bond motifs is 1. The summed E-state index contributed by atoms with van der Waals surface area (Å²) in [5.41, 5.74) is 0.944. The molecule has 0 spiro atoms. The molecule has 1 N–H and O–H groups in total. The molecular formula is C18H22ClN3O3. The molecule has 0 saturated carbocycles. The van der Waals surface area contributed by atoms with Gasteiger partial charge in [0.05, 0.1) is 6.61 Å². The Morgan fingerprint density at radius 1 is 1.28 bits per heavy atom. The summed E-state index contributed by atoms with van der Waals surface area (Å²) in [6, 6.07) is 7.70. The zero-order valence-electron chi connectivity index (χ0n) is 14.2. The zero-order valence-corrected chi connectivity index (χ0v) is 15.0. The van der Waals surface area contributed by atoms with Crippen molar-refractivity contribution in [1.29, 1.82) is 0 Å². The number of halogens is 1. The van der Waals surface area contributed by atoms with E-state index in [-0.39, 0.29) is 24.6 Å². The van der Waals surface area contributed by atoms with E-state index in [4.69, 9.17) is 16.3 Å². The van der Waals surface area contributed by atoms with E-state index < -0.39 is 0 Å². The van der Waals surface area contributed by atoms with Crippen LogP contribution in [0.2, 0.25) is 5.02 Å². The SMILES string of the molecule is CCOC(=O)N1CCC(NC(=O)Cn2ccc3ccc(Cl)cc32)CC1. The molecule has 0 radical (unpaired) electrons. The minimum atomic E-state index is -0.275. The fraction of sp³-hybridized carbons (Fsp3) is 0.444. The Morgan fingerprint density at radius 2 is 2.04 bits per heavy atom. The number of nitrogens with zero attached hydrogens (tertiary/aromatic N) is 2. The Balaban J connectivity index is 1.53. The van der Waals surface area contributed by atoms with E-state index in [1.807, 2.05) is 35.0 Å². The fourth-order valence-corrected chi connectivity index (χ4v) is 3.31. The normalized spacial score (nSPS) is 15.4. The van der Waals surface area contributed by atoms with E-state index in [0.29, 0.717) is 24.7 Å². The highest BCUT2D eigenvalue weighted by Crippen LogP contribution is 2.20. The van der Waals surface area contributed by atoms with Gasteiger partial charge in [-0.05, 0) is 43.4 Å². The Hall–Kier alpha value is -2.21. The van der Waals surface area contributed by atoms with Crippen LogP contribution in [0.5, 0.6) is 0 Å². The zero-order chi connectivity index (χ0) is 17.8. The number of ether oxygens (including phenoxy) is 1. The summed E-state index contributed by atoms with van der Waals surface area (Å²) in [4.78, 5) is 25.7. The lowest BCUT2D eigenvalue weighted by atomic mass is 10.1. The lowest BCUT2D eigenvalue weighted by Gasteiger charge is -2.31. The molecule has 1 saturated heterocycles. The number of benzene rings is 1. The highest BCUT2D eigenvalue weighted by molar-refractivity contribution is 6.31. The summed E-state index contributed by atoms with van der Waals surface area (Å²) in [6.07, 6.45) is 3.10. The van der Waals surface area contributed by atoms with E-state index >= 15 is 0 Å². The number of aromatic nitrogens is 1. The van der Waals surface area contributed by atoms with E-state index in [9.17, 15) is 9.59 Å². The number of hydrogen-bond acceptors (Lipinski definition) is 3. The monoisotopic (exact) mass is 363 g/mol. The second kappa shape index (κ2) is 7.78. The number of nitrogens with one attached hydrogen (secondary N) is 1. The standard InChI is InChI=1S/C18H22ClN3O3/c1-2-25-18(24)21-9-6-15(7-10-21)20-17(23)12-22-8-5-13-3-4-14(19)11-16(13)22/h3-5,8,11,15H,2,6-7,9-10,12H2,1H3,(H,20,23). The van der Waals surface area contributed by atoms with Crippen molar-refractivity contribution in [2.75, 3.05) is 19.7 Å². The molecule has 7 heteroatoms. The van der Waals surface area contributed by atoms with Crippen LogP contribution in [0.1, 0.15) is 19.8 Å². The number of likely N-dealkylation sites (tertiary alicyclic amines) is 1. The van der Waals surface area contributed by atoms with Crippen molar-refractivity contribution < 1.29 is 14.3 Å². The summed E-state index contributed by atoms with van der Waals surface area (Å²) in [5, 5.41) is 4.76. The third-order valence-corrected chi connectivity index (χ3v) is 4.67. The van der Waals surface area contributed by atoms with Crippen LogP contribution >= 0.6 is 11.6 Å². The van der Waals surface area contributed by atoms with E-state index in [1.54, 1.807) is 11.8 Å². The molecule has 3 rings (SSSR count). The number of piperidine rings is 1. The first-order chi connectivity index (χ1) is 12.1. The molecule has 1 fully saturated rings. The van der Waals surface area contributed by atoms with Crippen molar-refractivity contribution >= 4 is 34.5 Å².